The van der Waals surface area contributed by atoms with Crippen LogP contribution in [-0.2, 0) is 28.0 Å². The van der Waals surface area contributed by atoms with Gasteiger partial charge in [0.2, 0.25) is 5.91 Å². The lowest BCUT2D eigenvalue weighted by molar-refractivity contribution is -0.135. The maximum absolute atomic E-state index is 12.7. The van der Waals surface area contributed by atoms with Crippen LogP contribution in [0.1, 0.15) is 11.1 Å². The van der Waals surface area contributed by atoms with E-state index in [0.29, 0.717) is 19.5 Å². The zero-order chi connectivity index (χ0) is 15.2. The zero-order valence-electron chi connectivity index (χ0n) is 12.2. The highest BCUT2D eigenvalue weighted by molar-refractivity contribution is 7.86. The fraction of sp³-hybridized carbons (Fsp3) is 0.500. The number of hydrogen-bond donors (Lipinski definition) is 0. The Kier molecular flexibility index (Phi) is 3.51. The first-order valence-corrected chi connectivity index (χ1v) is 8.36. The fourth-order valence-electron chi connectivity index (χ4n) is 2.90. The van der Waals surface area contributed by atoms with Gasteiger partial charge in [-0.15, -0.1) is 0 Å². The first-order chi connectivity index (χ1) is 9.91. The Labute approximate surface area is 125 Å². The van der Waals surface area contributed by atoms with Gasteiger partial charge in [0, 0.05) is 33.7 Å². The number of rotatable bonds is 0. The van der Waals surface area contributed by atoms with Gasteiger partial charge < -0.3 is 4.90 Å². The fourth-order valence-corrected chi connectivity index (χ4v) is 4.36. The van der Waals surface area contributed by atoms with Crippen molar-refractivity contribution < 1.29 is 13.2 Å². The minimum Gasteiger partial charge on any atom is -0.343 e. The standard InChI is InChI=1S/C14H19N3O3S/c1-15-7-8-16(2)21(19,20)17-10-12-6-4-3-5-11(12)9-13(17)14(15)18/h3-6,13H,7-10H2,1-2H3. The lowest BCUT2D eigenvalue weighted by Gasteiger charge is -2.41. The molecule has 2 heterocycles. The third kappa shape index (κ3) is 2.35. The average molecular weight is 309 g/mol. The van der Waals surface area contributed by atoms with Crippen LogP contribution in [0.3, 0.4) is 0 Å². The maximum Gasteiger partial charge on any atom is 0.282 e. The molecule has 114 valence electrons. The van der Waals surface area contributed by atoms with Crippen LogP contribution in [-0.4, -0.2) is 61.1 Å². The maximum atomic E-state index is 12.7. The molecule has 2 aliphatic heterocycles. The topological polar surface area (TPSA) is 60.9 Å². The van der Waals surface area contributed by atoms with Crippen LogP contribution >= 0.6 is 0 Å². The Bertz CT molecular complexity index is 674. The van der Waals surface area contributed by atoms with Gasteiger partial charge in [-0.25, -0.2) is 0 Å². The summed E-state index contributed by atoms with van der Waals surface area (Å²) in [5.41, 5.74) is 2.03. The van der Waals surface area contributed by atoms with E-state index in [4.69, 9.17) is 0 Å². The molecule has 7 heteroatoms. The Hall–Kier alpha value is -1.44. The highest BCUT2D eigenvalue weighted by Crippen LogP contribution is 2.28. The summed E-state index contributed by atoms with van der Waals surface area (Å²) in [6, 6.07) is 7.07. The van der Waals surface area contributed by atoms with Crippen LogP contribution in [0.25, 0.3) is 0 Å². The summed E-state index contributed by atoms with van der Waals surface area (Å²) in [5.74, 6) is -0.124. The van der Waals surface area contributed by atoms with Gasteiger partial charge in [-0.3, -0.25) is 4.79 Å². The van der Waals surface area contributed by atoms with Crippen molar-refractivity contribution in [3.05, 3.63) is 35.4 Å². The molecule has 0 saturated carbocycles. The van der Waals surface area contributed by atoms with E-state index in [1.165, 1.54) is 8.61 Å². The summed E-state index contributed by atoms with van der Waals surface area (Å²) in [5, 5.41) is 0. The molecule has 0 N–H and O–H groups in total. The Morgan fingerprint density at radius 2 is 1.76 bits per heavy atom. The second-order valence-electron chi connectivity index (χ2n) is 5.62. The minimum atomic E-state index is -3.60. The van der Waals surface area contributed by atoms with E-state index in [1.807, 2.05) is 24.3 Å². The van der Waals surface area contributed by atoms with Crippen LogP contribution in [0.5, 0.6) is 0 Å². The molecule has 0 radical (unpaired) electrons. The molecular weight excluding hydrogens is 290 g/mol. The van der Waals surface area contributed by atoms with E-state index in [9.17, 15) is 13.2 Å². The molecule has 6 nitrogen and oxygen atoms in total. The molecule has 0 spiro atoms. The largest absolute Gasteiger partial charge is 0.343 e. The van der Waals surface area contributed by atoms with Crippen molar-refractivity contribution in [1.29, 1.82) is 0 Å². The highest BCUT2D eigenvalue weighted by atomic mass is 32.2. The summed E-state index contributed by atoms with van der Waals surface area (Å²) >= 11 is 0. The van der Waals surface area contributed by atoms with Crippen molar-refractivity contribution in [2.24, 2.45) is 0 Å². The van der Waals surface area contributed by atoms with Crippen molar-refractivity contribution in [3.8, 4) is 0 Å². The molecule has 21 heavy (non-hydrogen) atoms. The van der Waals surface area contributed by atoms with Crippen LogP contribution in [0.15, 0.2) is 24.3 Å². The number of nitrogens with zero attached hydrogens (tertiary/aromatic N) is 3. The van der Waals surface area contributed by atoms with Crippen molar-refractivity contribution >= 4 is 16.1 Å². The second kappa shape index (κ2) is 5.08. The van der Waals surface area contributed by atoms with Crippen LogP contribution in [0.2, 0.25) is 0 Å². The van der Waals surface area contributed by atoms with Crippen molar-refractivity contribution in [2.45, 2.75) is 19.0 Å². The summed E-state index contributed by atoms with van der Waals surface area (Å²) in [4.78, 5) is 14.2. The summed E-state index contributed by atoms with van der Waals surface area (Å²) < 4.78 is 28.0. The van der Waals surface area contributed by atoms with Crippen molar-refractivity contribution in [3.63, 3.8) is 0 Å². The van der Waals surface area contributed by atoms with Gasteiger partial charge in [0.1, 0.15) is 6.04 Å². The molecule has 3 rings (SSSR count). The molecule has 0 aliphatic carbocycles. The average Bonchev–Trinajstić information content (AvgIpc) is 2.49. The molecule has 0 aromatic heterocycles. The van der Waals surface area contributed by atoms with Crippen LogP contribution in [0, 0.1) is 0 Å². The number of hydrogen-bond acceptors (Lipinski definition) is 3. The third-order valence-corrected chi connectivity index (χ3v) is 6.25. The van der Waals surface area contributed by atoms with E-state index >= 15 is 0 Å². The number of likely N-dealkylation sites (N-methyl/N-ethyl adjacent to an activating group) is 2. The monoisotopic (exact) mass is 309 g/mol. The van der Waals surface area contributed by atoms with Crippen molar-refractivity contribution in [1.82, 2.24) is 13.5 Å². The number of benzene rings is 1. The third-order valence-electron chi connectivity index (χ3n) is 4.31. The lowest BCUT2D eigenvalue weighted by Crippen LogP contribution is -2.59. The molecule has 1 atom stereocenters. The first-order valence-electron chi connectivity index (χ1n) is 6.96. The molecule has 1 aromatic rings. The highest BCUT2D eigenvalue weighted by Gasteiger charge is 2.43. The van der Waals surface area contributed by atoms with Gasteiger partial charge in [-0.2, -0.15) is 17.0 Å². The molecule has 2 aliphatic rings. The number of carbonyl (C=O) groups is 1. The first kappa shape index (κ1) is 14.5. The van der Waals surface area contributed by atoms with E-state index in [-0.39, 0.29) is 12.5 Å². The molecule has 1 saturated heterocycles. The normalized spacial score (nSPS) is 26.7. The second-order valence-corrected chi connectivity index (χ2v) is 7.61. The smallest absolute Gasteiger partial charge is 0.282 e. The minimum absolute atomic E-state index is 0.124. The van der Waals surface area contributed by atoms with Crippen LogP contribution in [0.4, 0.5) is 0 Å². The van der Waals surface area contributed by atoms with E-state index < -0.39 is 16.3 Å². The zero-order valence-corrected chi connectivity index (χ0v) is 13.0. The molecule has 1 fully saturated rings. The molecule has 0 bridgehead atoms. The number of amides is 1. The number of fused-ring (bicyclic) bond motifs is 2. The predicted octanol–water partition coefficient (Wildman–Crippen LogP) is 0.0619. The molecule has 1 unspecified atom stereocenters. The Balaban J connectivity index is 2.08. The molecule has 1 amide bonds. The predicted molar refractivity (Wildman–Crippen MR) is 78.7 cm³/mol. The van der Waals surface area contributed by atoms with Crippen molar-refractivity contribution in [2.75, 3.05) is 27.2 Å². The Morgan fingerprint density at radius 1 is 1.10 bits per heavy atom. The molecule has 1 aromatic carbocycles. The quantitative estimate of drug-likeness (QED) is 0.681. The van der Waals surface area contributed by atoms with Gasteiger partial charge >= 0.3 is 0 Å². The summed E-state index contributed by atoms with van der Waals surface area (Å²) in [6.07, 6.45) is 0.437. The summed E-state index contributed by atoms with van der Waals surface area (Å²) in [7, 11) is -0.307. The SMILES string of the molecule is CN1CCN(C)S(=O)(=O)N2Cc3ccccc3CC2C1=O. The van der Waals surface area contributed by atoms with E-state index in [2.05, 4.69) is 0 Å². The Morgan fingerprint density at radius 3 is 2.48 bits per heavy atom. The van der Waals surface area contributed by atoms with Gasteiger partial charge in [-0.05, 0) is 17.5 Å². The van der Waals surface area contributed by atoms with Crippen LogP contribution < -0.4 is 0 Å². The van der Waals surface area contributed by atoms with Gasteiger partial charge in [0.15, 0.2) is 0 Å². The van der Waals surface area contributed by atoms with Gasteiger partial charge in [0.05, 0.1) is 0 Å². The van der Waals surface area contributed by atoms with E-state index in [1.54, 1.807) is 19.0 Å². The lowest BCUT2D eigenvalue weighted by atomic mass is 9.95. The molecular formula is C14H19N3O3S. The number of carbonyl (C=O) groups excluding carboxylic acids is 1. The van der Waals surface area contributed by atoms with E-state index in [0.717, 1.165) is 11.1 Å². The van der Waals surface area contributed by atoms with Gasteiger partial charge in [-0.1, -0.05) is 24.3 Å². The van der Waals surface area contributed by atoms with Gasteiger partial charge in [0.25, 0.3) is 10.2 Å². The summed E-state index contributed by atoms with van der Waals surface area (Å²) in [6.45, 7) is 0.989.